The quantitative estimate of drug-likeness (QED) is 0.616. The van der Waals surface area contributed by atoms with E-state index in [9.17, 15) is 9.50 Å². The van der Waals surface area contributed by atoms with E-state index in [2.05, 4.69) is 9.88 Å². The Morgan fingerprint density at radius 2 is 2.00 bits per heavy atom. The lowest BCUT2D eigenvalue weighted by Gasteiger charge is -2.29. The molecule has 6 nitrogen and oxygen atoms in total. The van der Waals surface area contributed by atoms with E-state index in [-0.39, 0.29) is 5.82 Å². The molecule has 0 saturated carbocycles. The molecule has 0 radical (unpaired) electrons. The average Bonchev–Trinajstić information content (AvgIpc) is 3.08. The summed E-state index contributed by atoms with van der Waals surface area (Å²) in [4.78, 5) is 8.24. The molecule has 0 bridgehead atoms. The molecule has 3 rings (SSSR count). The van der Waals surface area contributed by atoms with Gasteiger partial charge in [0.05, 0.1) is 18.4 Å². The van der Waals surface area contributed by atoms with Crippen molar-refractivity contribution in [3.05, 3.63) is 54.0 Å². The zero-order valence-corrected chi connectivity index (χ0v) is 17.2. The van der Waals surface area contributed by atoms with Gasteiger partial charge >= 0.3 is 0 Å². The number of β-amino-alcohol motifs (C(OH)–C–C–N with tert-alkyl or cyclic N) is 1. The van der Waals surface area contributed by atoms with Gasteiger partial charge in [-0.1, -0.05) is 12.1 Å². The first-order valence-corrected chi connectivity index (χ1v) is 10.0. The Balaban J connectivity index is 1.47. The number of anilines is 1. The summed E-state index contributed by atoms with van der Waals surface area (Å²) in [6.07, 6.45) is 1.87. The number of ether oxygens (including phenoxy) is 2. The molecule has 7 heteroatoms. The Kier molecular flexibility index (Phi) is 7.41. The van der Waals surface area contributed by atoms with Gasteiger partial charge in [-0.2, -0.15) is 0 Å². The molecule has 2 aromatic rings. The van der Waals surface area contributed by atoms with Crippen molar-refractivity contribution in [2.75, 3.05) is 51.4 Å². The SMILES string of the molecule is CCOCCOc1ccc(CN(C)CC2(O)CCN(c3ccc(F)cn3)C2)cc1. The van der Waals surface area contributed by atoms with Crippen LogP contribution >= 0.6 is 0 Å². The first-order valence-electron chi connectivity index (χ1n) is 10.0. The fourth-order valence-electron chi connectivity index (χ4n) is 3.66. The molecule has 0 aliphatic carbocycles. The second kappa shape index (κ2) is 10.0. The summed E-state index contributed by atoms with van der Waals surface area (Å²) in [6, 6.07) is 11.1. The monoisotopic (exact) mass is 403 g/mol. The van der Waals surface area contributed by atoms with Crippen molar-refractivity contribution in [1.29, 1.82) is 0 Å². The minimum absolute atomic E-state index is 0.353. The number of nitrogens with zero attached hydrogens (tertiary/aromatic N) is 3. The Morgan fingerprint density at radius 3 is 2.69 bits per heavy atom. The standard InChI is InChI=1S/C22H30FN3O3/c1-3-28-12-13-29-20-7-4-18(5-8-20)15-25(2)16-22(27)10-11-26(17-22)21-9-6-19(23)14-24-21/h4-9,14,27H,3,10-13,15-17H2,1-2H3. The van der Waals surface area contributed by atoms with Crippen LogP contribution in [0, 0.1) is 5.82 Å². The maximum absolute atomic E-state index is 13.1. The zero-order valence-electron chi connectivity index (χ0n) is 17.2. The molecule has 1 N–H and O–H groups in total. The normalized spacial score (nSPS) is 19.1. The maximum Gasteiger partial charge on any atom is 0.141 e. The Morgan fingerprint density at radius 1 is 1.21 bits per heavy atom. The number of aliphatic hydroxyl groups is 1. The number of benzene rings is 1. The van der Waals surface area contributed by atoms with Crippen molar-refractivity contribution in [3.8, 4) is 5.75 Å². The molecule has 1 unspecified atom stereocenters. The molecule has 1 saturated heterocycles. The predicted molar refractivity (Wildman–Crippen MR) is 111 cm³/mol. The van der Waals surface area contributed by atoms with Crippen LogP contribution in [0.1, 0.15) is 18.9 Å². The van der Waals surface area contributed by atoms with E-state index in [0.717, 1.165) is 17.9 Å². The molecular formula is C22H30FN3O3. The Bertz CT molecular complexity index is 757. The van der Waals surface area contributed by atoms with Crippen molar-refractivity contribution in [2.45, 2.75) is 25.5 Å². The number of rotatable bonds is 10. The molecular weight excluding hydrogens is 373 g/mol. The number of pyridine rings is 1. The highest BCUT2D eigenvalue weighted by atomic mass is 19.1. The van der Waals surface area contributed by atoms with E-state index in [1.807, 2.05) is 43.1 Å². The van der Waals surface area contributed by atoms with Crippen molar-refractivity contribution in [1.82, 2.24) is 9.88 Å². The van der Waals surface area contributed by atoms with Crippen molar-refractivity contribution in [2.24, 2.45) is 0 Å². The van der Waals surface area contributed by atoms with Gasteiger partial charge < -0.3 is 19.5 Å². The molecule has 1 fully saturated rings. The molecule has 0 spiro atoms. The number of hydrogen-bond acceptors (Lipinski definition) is 6. The van der Waals surface area contributed by atoms with Crippen LogP contribution in [0.25, 0.3) is 0 Å². The summed E-state index contributed by atoms with van der Waals surface area (Å²) in [6.45, 7) is 6.26. The minimum atomic E-state index is -0.812. The van der Waals surface area contributed by atoms with Crippen LogP contribution in [0.4, 0.5) is 10.2 Å². The van der Waals surface area contributed by atoms with E-state index in [1.54, 1.807) is 6.07 Å². The van der Waals surface area contributed by atoms with Crippen LogP contribution < -0.4 is 9.64 Å². The molecule has 1 aliphatic rings. The highest BCUT2D eigenvalue weighted by Crippen LogP contribution is 2.26. The third-order valence-electron chi connectivity index (χ3n) is 5.01. The van der Waals surface area contributed by atoms with Crippen molar-refractivity contribution >= 4 is 5.82 Å². The Labute approximate surface area is 171 Å². The van der Waals surface area contributed by atoms with E-state index < -0.39 is 5.60 Å². The number of halogens is 1. The zero-order chi connectivity index (χ0) is 20.7. The van der Waals surface area contributed by atoms with Gasteiger partial charge in [-0.05, 0) is 50.2 Å². The lowest BCUT2D eigenvalue weighted by Crippen LogP contribution is -2.43. The first kappa shape index (κ1) is 21.5. The lowest BCUT2D eigenvalue weighted by atomic mass is 10.0. The first-order chi connectivity index (χ1) is 14.0. The molecule has 1 aliphatic heterocycles. The second-order valence-electron chi connectivity index (χ2n) is 7.59. The topological polar surface area (TPSA) is 58.1 Å². The largest absolute Gasteiger partial charge is 0.491 e. The summed E-state index contributed by atoms with van der Waals surface area (Å²) < 4.78 is 24.0. The summed E-state index contributed by atoms with van der Waals surface area (Å²) >= 11 is 0. The second-order valence-corrected chi connectivity index (χ2v) is 7.59. The van der Waals surface area contributed by atoms with Crippen molar-refractivity contribution in [3.63, 3.8) is 0 Å². The van der Waals surface area contributed by atoms with Gasteiger partial charge in [0.2, 0.25) is 0 Å². The molecule has 1 aromatic carbocycles. The fourth-order valence-corrected chi connectivity index (χ4v) is 3.66. The van der Waals surface area contributed by atoms with Crippen LogP contribution in [-0.4, -0.2) is 67.1 Å². The van der Waals surface area contributed by atoms with Gasteiger partial charge in [-0.3, -0.25) is 4.90 Å². The average molecular weight is 403 g/mol. The molecule has 1 aromatic heterocycles. The summed E-state index contributed by atoms with van der Waals surface area (Å²) in [5.74, 6) is 1.17. The highest BCUT2D eigenvalue weighted by Gasteiger charge is 2.37. The number of aromatic nitrogens is 1. The van der Waals surface area contributed by atoms with Crippen LogP contribution in [0.3, 0.4) is 0 Å². The lowest BCUT2D eigenvalue weighted by molar-refractivity contribution is 0.0279. The maximum atomic E-state index is 13.1. The Hall–Kier alpha value is -2.22. The van der Waals surface area contributed by atoms with Gasteiger partial charge in [0.1, 0.15) is 24.0 Å². The van der Waals surface area contributed by atoms with Gasteiger partial charge in [0, 0.05) is 32.8 Å². The summed E-state index contributed by atoms with van der Waals surface area (Å²) in [5.41, 5.74) is 0.343. The van der Waals surface area contributed by atoms with Crippen LogP contribution in [-0.2, 0) is 11.3 Å². The fraction of sp³-hybridized carbons (Fsp3) is 0.500. The van der Waals surface area contributed by atoms with E-state index in [1.165, 1.54) is 12.3 Å². The third kappa shape index (κ3) is 6.39. The van der Waals surface area contributed by atoms with Gasteiger partial charge in [0.25, 0.3) is 0 Å². The third-order valence-corrected chi connectivity index (χ3v) is 5.01. The molecule has 0 amide bonds. The molecule has 1 atom stereocenters. The number of hydrogen-bond donors (Lipinski definition) is 1. The van der Waals surface area contributed by atoms with E-state index in [4.69, 9.17) is 9.47 Å². The van der Waals surface area contributed by atoms with E-state index in [0.29, 0.717) is 51.7 Å². The van der Waals surface area contributed by atoms with Crippen LogP contribution in [0.15, 0.2) is 42.6 Å². The van der Waals surface area contributed by atoms with Crippen molar-refractivity contribution < 1.29 is 19.0 Å². The van der Waals surface area contributed by atoms with Crippen LogP contribution in [0.5, 0.6) is 5.75 Å². The van der Waals surface area contributed by atoms with Gasteiger partial charge in [0.15, 0.2) is 0 Å². The summed E-state index contributed by atoms with van der Waals surface area (Å²) in [5, 5.41) is 11.0. The number of likely N-dealkylation sites (N-methyl/N-ethyl adjacent to an activating group) is 1. The highest BCUT2D eigenvalue weighted by molar-refractivity contribution is 5.40. The molecule has 2 heterocycles. The predicted octanol–water partition coefficient (Wildman–Crippen LogP) is 2.71. The molecule has 29 heavy (non-hydrogen) atoms. The molecule has 158 valence electrons. The minimum Gasteiger partial charge on any atom is -0.491 e. The van der Waals surface area contributed by atoms with Gasteiger partial charge in [-0.15, -0.1) is 0 Å². The van der Waals surface area contributed by atoms with Gasteiger partial charge in [-0.25, -0.2) is 9.37 Å². The van der Waals surface area contributed by atoms with E-state index >= 15 is 0 Å². The van der Waals surface area contributed by atoms with Crippen LogP contribution in [0.2, 0.25) is 0 Å². The summed E-state index contributed by atoms with van der Waals surface area (Å²) in [7, 11) is 2.00. The smallest absolute Gasteiger partial charge is 0.141 e.